The van der Waals surface area contributed by atoms with Gasteiger partial charge in [0.05, 0.1) is 22.8 Å². The second-order valence-electron chi connectivity index (χ2n) is 10.6. The van der Waals surface area contributed by atoms with Crippen molar-refractivity contribution in [2.24, 2.45) is 4.99 Å². The number of aromatic hydroxyl groups is 1. The van der Waals surface area contributed by atoms with Gasteiger partial charge in [0.1, 0.15) is 5.75 Å². The molecule has 7 heteroatoms. The van der Waals surface area contributed by atoms with Crippen LogP contribution in [-0.4, -0.2) is 40.7 Å². The Balaban J connectivity index is 1.96. The number of carbonyl (C=O) groups excluding carboxylic acids is 2. The van der Waals surface area contributed by atoms with Gasteiger partial charge < -0.3 is 9.84 Å². The quantitative estimate of drug-likeness (QED) is 0.393. The van der Waals surface area contributed by atoms with Crippen molar-refractivity contribution < 1.29 is 19.4 Å². The van der Waals surface area contributed by atoms with Gasteiger partial charge in [-0.25, -0.2) is 9.79 Å². The highest BCUT2D eigenvalue weighted by molar-refractivity contribution is 8.18. The monoisotopic (exact) mass is 494 g/mol. The Bertz CT molecular complexity index is 1160. The maximum absolute atomic E-state index is 13.0. The summed E-state index contributed by atoms with van der Waals surface area (Å²) in [6.07, 6.45) is 1.86. The van der Waals surface area contributed by atoms with Gasteiger partial charge in [-0.1, -0.05) is 41.5 Å². The smallest absolute Gasteiger partial charge is 0.338 e. The van der Waals surface area contributed by atoms with Crippen molar-refractivity contribution in [1.82, 2.24) is 4.90 Å². The Morgan fingerprint density at radius 2 is 1.60 bits per heavy atom. The Labute approximate surface area is 212 Å². The number of thioether (sulfide) groups is 1. The van der Waals surface area contributed by atoms with Crippen molar-refractivity contribution in [2.75, 3.05) is 13.7 Å². The summed E-state index contributed by atoms with van der Waals surface area (Å²) in [6.45, 7) is 14.5. The van der Waals surface area contributed by atoms with Crippen molar-refractivity contribution in [2.45, 2.75) is 59.3 Å². The summed E-state index contributed by atoms with van der Waals surface area (Å²) in [4.78, 5) is 31.6. The molecular weight excluding hydrogens is 460 g/mol. The van der Waals surface area contributed by atoms with Crippen LogP contribution in [0.2, 0.25) is 0 Å². The molecule has 0 spiro atoms. The fourth-order valence-corrected chi connectivity index (χ4v) is 4.67. The Morgan fingerprint density at radius 1 is 1.06 bits per heavy atom. The highest BCUT2D eigenvalue weighted by Crippen LogP contribution is 2.41. The molecule has 6 nitrogen and oxygen atoms in total. The molecule has 1 N–H and O–H groups in total. The van der Waals surface area contributed by atoms with Crippen LogP contribution >= 0.6 is 11.8 Å². The number of likely N-dealkylation sites (N-methyl/N-ethyl adjacent to an activating group) is 1. The second-order valence-corrected chi connectivity index (χ2v) is 11.6. The first kappa shape index (κ1) is 26.5. The standard InChI is InChI=1S/C28H34N2O4S/c1-9-34-25(33)18-10-12-19(13-11-18)29-26-30(8)24(32)22(35-26)16-17-14-20(27(2,3)4)23(31)21(15-17)28(5,6)7/h10-16,31H,9H2,1-8H3/b22-16-,29-26?. The van der Waals surface area contributed by atoms with Crippen LogP contribution in [0.25, 0.3) is 6.08 Å². The summed E-state index contributed by atoms with van der Waals surface area (Å²) in [6, 6.07) is 10.7. The number of esters is 1. The SMILES string of the molecule is CCOC(=O)c1ccc(N=C2S/C(=C\c3cc(C(C)(C)C)c(O)c(C(C)(C)C)c3)C(=O)N2C)cc1. The number of phenolic OH excluding ortho intramolecular Hbond substituents is 1. The number of carbonyl (C=O) groups is 2. The Morgan fingerprint density at radius 3 is 2.09 bits per heavy atom. The van der Waals surface area contributed by atoms with Crippen LogP contribution in [0.15, 0.2) is 46.3 Å². The molecule has 1 saturated heterocycles. The number of hydrogen-bond acceptors (Lipinski definition) is 6. The average Bonchev–Trinajstić information content (AvgIpc) is 3.01. The number of amidine groups is 1. The third kappa shape index (κ3) is 5.96. The highest BCUT2D eigenvalue weighted by Gasteiger charge is 2.31. The van der Waals surface area contributed by atoms with Crippen LogP contribution in [0.4, 0.5) is 5.69 Å². The number of benzene rings is 2. The van der Waals surface area contributed by atoms with Crippen molar-refractivity contribution >= 4 is 40.6 Å². The van der Waals surface area contributed by atoms with Crippen molar-refractivity contribution in [1.29, 1.82) is 0 Å². The van der Waals surface area contributed by atoms with E-state index in [9.17, 15) is 14.7 Å². The summed E-state index contributed by atoms with van der Waals surface area (Å²) in [7, 11) is 1.69. The van der Waals surface area contributed by atoms with E-state index in [1.54, 1.807) is 38.2 Å². The average molecular weight is 495 g/mol. The molecule has 1 heterocycles. The first-order chi connectivity index (χ1) is 16.2. The topological polar surface area (TPSA) is 79.2 Å². The van der Waals surface area contributed by atoms with Gasteiger partial charge in [0.2, 0.25) is 0 Å². The highest BCUT2D eigenvalue weighted by atomic mass is 32.2. The van der Waals surface area contributed by atoms with Gasteiger partial charge >= 0.3 is 5.97 Å². The third-order valence-electron chi connectivity index (χ3n) is 5.65. The molecule has 2 aromatic carbocycles. The zero-order valence-electron chi connectivity index (χ0n) is 21.7. The van der Waals surface area contributed by atoms with E-state index in [1.165, 1.54) is 16.7 Å². The number of ether oxygens (including phenoxy) is 1. The molecular formula is C28H34N2O4S. The van der Waals surface area contributed by atoms with Gasteiger partial charge in [0.25, 0.3) is 5.91 Å². The molecule has 0 saturated carbocycles. The molecule has 1 fully saturated rings. The maximum Gasteiger partial charge on any atom is 0.338 e. The van der Waals surface area contributed by atoms with Gasteiger partial charge in [-0.05, 0) is 77.6 Å². The molecule has 0 unspecified atom stereocenters. The summed E-state index contributed by atoms with van der Waals surface area (Å²) >= 11 is 1.30. The number of hydrogen-bond donors (Lipinski definition) is 1. The van der Waals surface area contributed by atoms with Gasteiger partial charge in [-0.3, -0.25) is 9.69 Å². The molecule has 35 heavy (non-hydrogen) atoms. The Hall–Kier alpha value is -3.06. The molecule has 1 aliphatic rings. The molecule has 2 aromatic rings. The van der Waals surface area contributed by atoms with E-state index in [-0.39, 0.29) is 22.7 Å². The predicted octanol–water partition coefficient (Wildman–Crippen LogP) is 6.40. The van der Waals surface area contributed by atoms with E-state index in [1.807, 2.05) is 18.2 Å². The molecule has 0 bridgehead atoms. The summed E-state index contributed by atoms with van der Waals surface area (Å²) in [5.74, 6) is -0.208. The number of rotatable bonds is 4. The molecule has 3 rings (SSSR count). The van der Waals surface area contributed by atoms with Gasteiger partial charge in [0, 0.05) is 18.2 Å². The lowest BCUT2D eigenvalue weighted by Crippen LogP contribution is -2.23. The maximum atomic E-state index is 13.0. The zero-order valence-corrected chi connectivity index (χ0v) is 22.5. The van der Waals surface area contributed by atoms with Crippen LogP contribution in [0.5, 0.6) is 5.75 Å². The molecule has 0 radical (unpaired) electrons. The van der Waals surface area contributed by atoms with Gasteiger partial charge in [0.15, 0.2) is 5.17 Å². The Kier molecular flexibility index (Phi) is 7.50. The second kappa shape index (κ2) is 9.90. The zero-order chi connectivity index (χ0) is 26.1. The molecule has 0 aliphatic carbocycles. The molecule has 0 aromatic heterocycles. The number of aliphatic imine (C=N–C) groups is 1. The van der Waals surface area contributed by atoms with Crippen molar-refractivity contribution in [3.63, 3.8) is 0 Å². The lowest BCUT2D eigenvalue weighted by atomic mass is 9.78. The first-order valence-corrected chi connectivity index (χ1v) is 12.5. The van der Waals surface area contributed by atoms with E-state index < -0.39 is 0 Å². The van der Waals surface area contributed by atoms with E-state index in [0.29, 0.717) is 33.7 Å². The normalized spacial score (nSPS) is 16.9. The van der Waals surface area contributed by atoms with Crippen molar-refractivity contribution in [3.05, 3.63) is 63.6 Å². The molecule has 1 amide bonds. The predicted molar refractivity (Wildman–Crippen MR) is 143 cm³/mol. The largest absolute Gasteiger partial charge is 0.507 e. The summed E-state index contributed by atoms with van der Waals surface area (Å²) in [5.41, 5.74) is 3.12. The van der Waals surface area contributed by atoms with E-state index in [0.717, 1.165) is 16.7 Å². The molecule has 1 aliphatic heterocycles. The fraction of sp³-hybridized carbons (Fsp3) is 0.393. The van der Waals surface area contributed by atoms with Crippen LogP contribution in [0, 0.1) is 0 Å². The lowest BCUT2D eigenvalue weighted by Gasteiger charge is -2.28. The van der Waals surface area contributed by atoms with Crippen LogP contribution < -0.4 is 0 Å². The van der Waals surface area contributed by atoms with E-state index in [4.69, 9.17) is 4.74 Å². The fourth-order valence-electron chi connectivity index (χ4n) is 3.68. The summed E-state index contributed by atoms with van der Waals surface area (Å²) < 4.78 is 5.01. The minimum atomic E-state index is -0.377. The van der Waals surface area contributed by atoms with E-state index in [2.05, 4.69) is 46.5 Å². The molecule has 0 atom stereocenters. The number of nitrogens with zero attached hydrogens (tertiary/aromatic N) is 2. The van der Waals surface area contributed by atoms with E-state index >= 15 is 0 Å². The number of amides is 1. The summed E-state index contributed by atoms with van der Waals surface area (Å²) in [5, 5.41) is 11.5. The van der Waals surface area contributed by atoms with Crippen LogP contribution in [-0.2, 0) is 20.4 Å². The minimum Gasteiger partial charge on any atom is -0.507 e. The van der Waals surface area contributed by atoms with Crippen LogP contribution in [0.3, 0.4) is 0 Å². The molecule has 186 valence electrons. The lowest BCUT2D eigenvalue weighted by molar-refractivity contribution is -0.121. The first-order valence-electron chi connectivity index (χ1n) is 11.6. The third-order valence-corrected chi connectivity index (χ3v) is 6.71. The van der Waals surface area contributed by atoms with Crippen LogP contribution in [0.1, 0.15) is 75.5 Å². The number of phenols is 1. The van der Waals surface area contributed by atoms with Gasteiger partial charge in [-0.2, -0.15) is 0 Å². The van der Waals surface area contributed by atoms with Crippen molar-refractivity contribution in [3.8, 4) is 5.75 Å². The minimum absolute atomic E-state index is 0.139. The van der Waals surface area contributed by atoms with Gasteiger partial charge in [-0.15, -0.1) is 0 Å².